The van der Waals surface area contributed by atoms with Gasteiger partial charge in [0, 0.05) is 13.1 Å². The molecule has 1 amide bonds. The monoisotopic (exact) mass is 267 g/mol. The first-order valence-corrected chi connectivity index (χ1v) is 7.05. The molecule has 0 fully saturated rings. The SMILES string of the molecule is CCC(CC)n1nc(C)cc1C(=O)N(CC)CCO. The van der Waals surface area contributed by atoms with Gasteiger partial charge in [0.25, 0.3) is 5.91 Å². The van der Waals surface area contributed by atoms with E-state index in [1.165, 1.54) is 0 Å². The molecule has 108 valence electrons. The van der Waals surface area contributed by atoms with E-state index in [-0.39, 0.29) is 18.6 Å². The molecule has 1 aromatic heterocycles. The third-order valence-corrected chi connectivity index (χ3v) is 3.40. The maximum atomic E-state index is 12.5. The second kappa shape index (κ2) is 7.28. The Morgan fingerprint density at radius 2 is 2.05 bits per heavy atom. The van der Waals surface area contributed by atoms with Crippen molar-refractivity contribution in [3.8, 4) is 0 Å². The molecule has 0 atom stereocenters. The highest BCUT2D eigenvalue weighted by atomic mass is 16.3. The number of rotatable bonds is 7. The minimum absolute atomic E-state index is 0.0162. The molecule has 0 aliphatic heterocycles. The van der Waals surface area contributed by atoms with Crippen LogP contribution in [0.5, 0.6) is 0 Å². The standard InChI is InChI=1S/C14H25N3O2/c1-5-12(6-2)17-13(10-11(4)15-17)14(19)16(7-3)8-9-18/h10,12,18H,5-9H2,1-4H3. The quantitative estimate of drug-likeness (QED) is 0.822. The molecule has 0 bridgehead atoms. The van der Waals surface area contributed by atoms with E-state index >= 15 is 0 Å². The topological polar surface area (TPSA) is 58.4 Å². The summed E-state index contributed by atoms with van der Waals surface area (Å²) in [6, 6.07) is 2.08. The van der Waals surface area contributed by atoms with Gasteiger partial charge in [0.1, 0.15) is 5.69 Å². The zero-order valence-corrected chi connectivity index (χ0v) is 12.4. The molecule has 0 radical (unpaired) electrons. The number of hydrogen-bond donors (Lipinski definition) is 1. The van der Waals surface area contributed by atoms with E-state index in [1.807, 2.05) is 24.6 Å². The van der Waals surface area contributed by atoms with Crippen molar-refractivity contribution in [2.24, 2.45) is 0 Å². The summed E-state index contributed by atoms with van der Waals surface area (Å²) in [4.78, 5) is 14.1. The smallest absolute Gasteiger partial charge is 0.272 e. The number of amides is 1. The molecule has 19 heavy (non-hydrogen) atoms. The minimum Gasteiger partial charge on any atom is -0.395 e. The molecule has 1 rings (SSSR count). The van der Waals surface area contributed by atoms with Gasteiger partial charge in [-0.3, -0.25) is 9.48 Å². The summed E-state index contributed by atoms with van der Waals surface area (Å²) in [5.74, 6) is -0.0518. The first kappa shape index (κ1) is 15.7. The molecule has 1 aromatic rings. The van der Waals surface area contributed by atoms with Crippen molar-refractivity contribution in [3.63, 3.8) is 0 Å². The van der Waals surface area contributed by atoms with Gasteiger partial charge < -0.3 is 10.0 Å². The van der Waals surface area contributed by atoms with Crippen LogP contribution in [0.25, 0.3) is 0 Å². The first-order chi connectivity index (χ1) is 9.08. The van der Waals surface area contributed by atoms with Crippen molar-refractivity contribution in [2.45, 2.75) is 46.6 Å². The molecule has 5 nitrogen and oxygen atoms in total. The maximum Gasteiger partial charge on any atom is 0.272 e. The summed E-state index contributed by atoms with van der Waals surface area (Å²) >= 11 is 0. The third kappa shape index (κ3) is 3.56. The molecular weight excluding hydrogens is 242 g/mol. The van der Waals surface area contributed by atoms with Crippen LogP contribution in [0.4, 0.5) is 0 Å². The normalized spacial score (nSPS) is 11.1. The van der Waals surface area contributed by atoms with Gasteiger partial charge in [0.15, 0.2) is 0 Å². The highest BCUT2D eigenvalue weighted by Gasteiger charge is 2.22. The Labute approximate surface area is 115 Å². The predicted molar refractivity (Wildman–Crippen MR) is 75.2 cm³/mol. The van der Waals surface area contributed by atoms with Crippen LogP contribution in [0.2, 0.25) is 0 Å². The number of aromatic nitrogens is 2. The van der Waals surface area contributed by atoms with E-state index in [2.05, 4.69) is 18.9 Å². The lowest BCUT2D eigenvalue weighted by atomic mass is 10.1. The molecule has 1 N–H and O–H groups in total. The third-order valence-electron chi connectivity index (χ3n) is 3.40. The van der Waals surface area contributed by atoms with E-state index < -0.39 is 0 Å². The number of carbonyl (C=O) groups is 1. The Balaban J connectivity index is 3.08. The Morgan fingerprint density at radius 3 is 2.53 bits per heavy atom. The Bertz CT molecular complexity index is 411. The van der Waals surface area contributed by atoms with E-state index in [1.54, 1.807) is 4.90 Å². The fourth-order valence-electron chi connectivity index (χ4n) is 2.28. The molecule has 0 spiro atoms. The van der Waals surface area contributed by atoms with Gasteiger partial charge in [-0.15, -0.1) is 0 Å². The number of nitrogens with zero attached hydrogens (tertiary/aromatic N) is 3. The van der Waals surface area contributed by atoms with E-state index in [0.29, 0.717) is 18.8 Å². The van der Waals surface area contributed by atoms with E-state index in [9.17, 15) is 4.79 Å². The van der Waals surface area contributed by atoms with Gasteiger partial charge >= 0.3 is 0 Å². The lowest BCUT2D eigenvalue weighted by molar-refractivity contribution is 0.0716. The van der Waals surface area contributed by atoms with Crippen LogP contribution in [-0.4, -0.2) is 45.4 Å². The molecule has 0 saturated carbocycles. The summed E-state index contributed by atoms with van der Waals surface area (Å²) in [5.41, 5.74) is 1.48. The van der Waals surface area contributed by atoms with Crippen molar-refractivity contribution in [3.05, 3.63) is 17.5 Å². The molecular formula is C14H25N3O2. The molecule has 0 unspecified atom stereocenters. The van der Waals surface area contributed by atoms with Gasteiger partial charge in [-0.2, -0.15) is 5.10 Å². The Morgan fingerprint density at radius 1 is 1.42 bits per heavy atom. The zero-order valence-electron chi connectivity index (χ0n) is 12.4. The van der Waals surface area contributed by atoms with Crippen LogP contribution >= 0.6 is 0 Å². The van der Waals surface area contributed by atoms with Gasteiger partial charge in [0.2, 0.25) is 0 Å². The molecule has 0 saturated heterocycles. The average molecular weight is 267 g/mol. The van der Waals surface area contributed by atoms with Crippen LogP contribution in [0.1, 0.15) is 55.8 Å². The zero-order chi connectivity index (χ0) is 14.4. The number of carbonyl (C=O) groups excluding carboxylic acids is 1. The number of aliphatic hydroxyl groups excluding tert-OH is 1. The highest BCUT2D eigenvalue weighted by Crippen LogP contribution is 2.19. The van der Waals surface area contributed by atoms with Crippen LogP contribution in [0, 0.1) is 6.92 Å². The maximum absolute atomic E-state index is 12.5. The number of aliphatic hydroxyl groups is 1. The fraction of sp³-hybridized carbons (Fsp3) is 0.714. The van der Waals surface area contributed by atoms with Gasteiger partial charge in [0.05, 0.1) is 18.3 Å². The first-order valence-electron chi connectivity index (χ1n) is 7.05. The number of hydrogen-bond acceptors (Lipinski definition) is 3. The van der Waals surface area contributed by atoms with Crippen molar-refractivity contribution in [1.29, 1.82) is 0 Å². The van der Waals surface area contributed by atoms with Gasteiger partial charge in [-0.1, -0.05) is 13.8 Å². The van der Waals surface area contributed by atoms with Crippen molar-refractivity contribution < 1.29 is 9.90 Å². The van der Waals surface area contributed by atoms with E-state index in [0.717, 1.165) is 18.5 Å². The molecule has 1 heterocycles. The number of likely N-dealkylation sites (N-methyl/N-ethyl adjacent to an activating group) is 1. The summed E-state index contributed by atoms with van der Waals surface area (Å²) < 4.78 is 1.84. The summed E-state index contributed by atoms with van der Waals surface area (Å²) in [7, 11) is 0. The Hall–Kier alpha value is -1.36. The lowest BCUT2D eigenvalue weighted by Gasteiger charge is -2.22. The van der Waals surface area contributed by atoms with Gasteiger partial charge in [-0.05, 0) is 32.8 Å². The highest BCUT2D eigenvalue weighted by molar-refractivity contribution is 5.92. The molecule has 5 heteroatoms. The summed E-state index contributed by atoms with van der Waals surface area (Å²) in [5, 5.41) is 13.5. The fourth-order valence-corrected chi connectivity index (χ4v) is 2.28. The molecule has 0 aromatic carbocycles. The average Bonchev–Trinajstić information content (AvgIpc) is 2.78. The Kier molecular flexibility index (Phi) is 6.02. The molecule has 0 aliphatic carbocycles. The van der Waals surface area contributed by atoms with E-state index in [4.69, 9.17) is 5.11 Å². The van der Waals surface area contributed by atoms with Crippen LogP contribution in [0.15, 0.2) is 6.07 Å². The number of aryl methyl sites for hydroxylation is 1. The predicted octanol–water partition coefficient (Wildman–Crippen LogP) is 2.01. The minimum atomic E-state index is -0.0518. The van der Waals surface area contributed by atoms with Crippen LogP contribution in [-0.2, 0) is 0 Å². The second-order valence-electron chi connectivity index (χ2n) is 4.69. The van der Waals surface area contributed by atoms with Crippen molar-refractivity contribution in [1.82, 2.24) is 14.7 Å². The molecule has 0 aliphatic rings. The largest absolute Gasteiger partial charge is 0.395 e. The summed E-state index contributed by atoms with van der Waals surface area (Å²) in [6.45, 7) is 8.96. The van der Waals surface area contributed by atoms with Crippen LogP contribution < -0.4 is 0 Å². The second-order valence-corrected chi connectivity index (χ2v) is 4.69. The summed E-state index contributed by atoms with van der Waals surface area (Å²) in [6.07, 6.45) is 1.90. The van der Waals surface area contributed by atoms with Crippen LogP contribution in [0.3, 0.4) is 0 Å². The lowest BCUT2D eigenvalue weighted by Crippen LogP contribution is -2.35. The van der Waals surface area contributed by atoms with Gasteiger partial charge in [-0.25, -0.2) is 0 Å². The van der Waals surface area contributed by atoms with Crippen molar-refractivity contribution >= 4 is 5.91 Å². The van der Waals surface area contributed by atoms with Crippen molar-refractivity contribution in [2.75, 3.05) is 19.7 Å².